The molecule has 1 amide bonds. The fourth-order valence-corrected chi connectivity index (χ4v) is 4.72. The maximum Gasteiger partial charge on any atom is 0.246 e. The van der Waals surface area contributed by atoms with Crippen LogP contribution < -0.4 is 11.1 Å². The third-order valence-electron chi connectivity index (χ3n) is 5.69. The van der Waals surface area contributed by atoms with Crippen molar-refractivity contribution in [3.8, 4) is 0 Å². The number of Topliss-reactive ketones (excluding diaryl/α,β-unsaturated/α-hetero) is 1. The van der Waals surface area contributed by atoms with Crippen molar-refractivity contribution in [1.29, 1.82) is 0 Å². The van der Waals surface area contributed by atoms with Crippen LogP contribution in [0.15, 0.2) is 0 Å². The van der Waals surface area contributed by atoms with E-state index in [1.54, 1.807) is 0 Å². The maximum absolute atomic E-state index is 12.8. The quantitative estimate of drug-likeness (QED) is 0.855. The van der Waals surface area contributed by atoms with Crippen LogP contribution >= 0.6 is 11.3 Å². The van der Waals surface area contributed by atoms with Crippen LogP contribution in [0.25, 0.3) is 0 Å². The topological polar surface area (TPSA) is 94.3 Å². The minimum atomic E-state index is -0.998. The van der Waals surface area contributed by atoms with Crippen molar-refractivity contribution in [1.82, 2.24) is 4.98 Å². The molecule has 0 spiro atoms. The number of thiazole rings is 1. The number of amides is 1. The second-order valence-electron chi connectivity index (χ2n) is 8.53. The van der Waals surface area contributed by atoms with Crippen LogP contribution in [0.3, 0.4) is 0 Å². The zero-order valence-electron chi connectivity index (χ0n) is 15.6. The number of ether oxygens (including phenoxy) is 1. The molecule has 1 fully saturated rings. The van der Waals surface area contributed by atoms with Crippen molar-refractivity contribution < 1.29 is 14.3 Å². The van der Waals surface area contributed by atoms with Crippen LogP contribution in [0.4, 0.5) is 5.13 Å². The van der Waals surface area contributed by atoms with E-state index in [0.717, 1.165) is 12.1 Å². The number of hydrogen-bond acceptors (Lipinski definition) is 6. The molecule has 6 nitrogen and oxygen atoms in total. The average Bonchev–Trinajstić information content (AvgIpc) is 2.87. The standard InChI is InChI=1S/C18H27N3O3S/c1-6-24-12-9-18(19,17(12,4)5)14(23)21-15-20-10-7-16(2,3)8-11(22)13(10)25-15/h12H,6-9,19H2,1-5H3,(H,20,21,23). The first-order valence-electron chi connectivity index (χ1n) is 8.75. The van der Waals surface area contributed by atoms with Crippen molar-refractivity contribution in [3.63, 3.8) is 0 Å². The number of rotatable bonds is 4. The summed E-state index contributed by atoms with van der Waals surface area (Å²) in [6.07, 6.45) is 1.71. The molecule has 1 aromatic rings. The summed E-state index contributed by atoms with van der Waals surface area (Å²) < 4.78 is 5.67. The summed E-state index contributed by atoms with van der Waals surface area (Å²) in [5, 5.41) is 3.30. The van der Waals surface area contributed by atoms with E-state index in [1.165, 1.54) is 11.3 Å². The Labute approximate surface area is 152 Å². The van der Waals surface area contributed by atoms with E-state index >= 15 is 0 Å². The predicted octanol–water partition coefficient (Wildman–Crippen LogP) is 2.77. The number of ketones is 1. The molecule has 2 aliphatic carbocycles. The average molecular weight is 365 g/mol. The second-order valence-corrected chi connectivity index (χ2v) is 9.53. The monoisotopic (exact) mass is 365 g/mol. The van der Waals surface area contributed by atoms with Gasteiger partial charge in [0.15, 0.2) is 10.9 Å². The molecule has 2 aliphatic rings. The van der Waals surface area contributed by atoms with Gasteiger partial charge in [-0.15, -0.1) is 0 Å². The fourth-order valence-electron chi connectivity index (χ4n) is 3.80. The van der Waals surface area contributed by atoms with E-state index in [9.17, 15) is 9.59 Å². The van der Waals surface area contributed by atoms with Gasteiger partial charge in [-0.3, -0.25) is 9.59 Å². The van der Waals surface area contributed by atoms with Gasteiger partial charge in [0.05, 0.1) is 16.7 Å². The lowest BCUT2D eigenvalue weighted by atomic mass is 9.54. The Bertz CT molecular complexity index is 725. The van der Waals surface area contributed by atoms with E-state index in [0.29, 0.717) is 29.5 Å². The number of nitrogens with two attached hydrogens (primary N) is 1. The molecule has 1 aromatic heterocycles. The van der Waals surface area contributed by atoms with Gasteiger partial charge in [0, 0.05) is 24.9 Å². The molecule has 138 valence electrons. The molecule has 25 heavy (non-hydrogen) atoms. The molecule has 0 aromatic carbocycles. The summed E-state index contributed by atoms with van der Waals surface area (Å²) in [5.41, 5.74) is 5.65. The van der Waals surface area contributed by atoms with Gasteiger partial charge in [0.1, 0.15) is 5.54 Å². The smallest absolute Gasteiger partial charge is 0.246 e. The van der Waals surface area contributed by atoms with Crippen molar-refractivity contribution in [2.75, 3.05) is 11.9 Å². The molecule has 0 bridgehead atoms. The molecule has 1 heterocycles. The minimum absolute atomic E-state index is 0.0277. The number of anilines is 1. The van der Waals surface area contributed by atoms with Crippen LogP contribution in [0.2, 0.25) is 0 Å². The third-order valence-corrected chi connectivity index (χ3v) is 6.75. The van der Waals surface area contributed by atoms with Gasteiger partial charge in [-0.2, -0.15) is 0 Å². The lowest BCUT2D eigenvalue weighted by molar-refractivity contribution is -0.166. The molecule has 3 N–H and O–H groups in total. The molecule has 7 heteroatoms. The van der Waals surface area contributed by atoms with Gasteiger partial charge in [-0.25, -0.2) is 4.98 Å². The van der Waals surface area contributed by atoms with Crippen LogP contribution in [0.1, 0.15) is 62.8 Å². The Kier molecular flexibility index (Phi) is 4.33. The van der Waals surface area contributed by atoms with Gasteiger partial charge in [-0.1, -0.05) is 39.0 Å². The van der Waals surface area contributed by atoms with Gasteiger partial charge in [0.25, 0.3) is 0 Å². The lowest BCUT2D eigenvalue weighted by Gasteiger charge is -2.57. The number of nitrogens with zero attached hydrogens (tertiary/aromatic N) is 1. The summed E-state index contributed by atoms with van der Waals surface area (Å²) in [6, 6.07) is 0. The van der Waals surface area contributed by atoms with Crippen LogP contribution in [-0.2, 0) is 16.0 Å². The molecular formula is C18H27N3O3S. The Morgan fingerprint density at radius 2 is 2.04 bits per heavy atom. The van der Waals surface area contributed by atoms with Crippen LogP contribution in [-0.4, -0.2) is 34.9 Å². The van der Waals surface area contributed by atoms with E-state index in [4.69, 9.17) is 10.5 Å². The summed E-state index contributed by atoms with van der Waals surface area (Å²) in [4.78, 5) is 30.3. The van der Waals surface area contributed by atoms with Crippen molar-refractivity contribution in [3.05, 3.63) is 10.6 Å². The molecular weight excluding hydrogens is 338 g/mol. The fraction of sp³-hybridized carbons (Fsp3) is 0.722. The number of nitrogens with one attached hydrogen (secondary N) is 1. The van der Waals surface area contributed by atoms with Crippen LogP contribution in [0, 0.1) is 10.8 Å². The number of carbonyl (C=O) groups excluding carboxylic acids is 2. The summed E-state index contributed by atoms with van der Waals surface area (Å²) >= 11 is 1.25. The van der Waals surface area contributed by atoms with E-state index in [-0.39, 0.29) is 23.2 Å². The zero-order valence-corrected chi connectivity index (χ0v) is 16.4. The van der Waals surface area contributed by atoms with Crippen molar-refractivity contribution >= 4 is 28.2 Å². The van der Waals surface area contributed by atoms with Gasteiger partial charge in [-0.05, 0) is 18.8 Å². The summed E-state index contributed by atoms with van der Waals surface area (Å²) in [5.74, 6) is -0.154. The highest BCUT2D eigenvalue weighted by molar-refractivity contribution is 7.17. The third kappa shape index (κ3) is 2.92. The highest BCUT2D eigenvalue weighted by atomic mass is 32.1. The van der Waals surface area contributed by atoms with E-state index < -0.39 is 11.0 Å². The number of fused-ring (bicyclic) bond motifs is 1. The molecule has 3 rings (SSSR count). The Morgan fingerprint density at radius 3 is 2.64 bits per heavy atom. The van der Waals surface area contributed by atoms with Gasteiger partial charge >= 0.3 is 0 Å². The summed E-state index contributed by atoms with van der Waals surface area (Å²) in [6.45, 7) is 10.6. The predicted molar refractivity (Wildman–Crippen MR) is 97.9 cm³/mol. The Hall–Kier alpha value is -1.31. The largest absolute Gasteiger partial charge is 0.378 e. The van der Waals surface area contributed by atoms with Crippen molar-refractivity contribution in [2.24, 2.45) is 16.6 Å². The minimum Gasteiger partial charge on any atom is -0.378 e. The van der Waals surface area contributed by atoms with E-state index in [1.807, 2.05) is 20.8 Å². The molecule has 1 saturated carbocycles. The van der Waals surface area contributed by atoms with Gasteiger partial charge in [0.2, 0.25) is 5.91 Å². The SMILES string of the molecule is CCOC1CC(N)(C(=O)Nc2nc3c(s2)C(=O)CC(C)(C)C3)C1(C)C. The second kappa shape index (κ2) is 5.86. The highest BCUT2D eigenvalue weighted by Gasteiger charge is 2.63. The molecule has 2 atom stereocenters. The maximum atomic E-state index is 12.8. The van der Waals surface area contributed by atoms with Crippen molar-refractivity contribution in [2.45, 2.75) is 65.5 Å². The number of carbonyl (C=O) groups is 2. The highest BCUT2D eigenvalue weighted by Crippen LogP contribution is 2.50. The Morgan fingerprint density at radius 1 is 1.36 bits per heavy atom. The Balaban J connectivity index is 1.76. The first-order valence-corrected chi connectivity index (χ1v) is 9.57. The van der Waals surface area contributed by atoms with E-state index in [2.05, 4.69) is 24.1 Å². The number of hydrogen-bond donors (Lipinski definition) is 2. The zero-order chi connectivity index (χ0) is 18.6. The lowest BCUT2D eigenvalue weighted by Crippen LogP contribution is -2.74. The first kappa shape index (κ1) is 18.5. The molecule has 2 unspecified atom stereocenters. The van der Waals surface area contributed by atoms with Crippen LogP contribution in [0.5, 0.6) is 0 Å². The summed E-state index contributed by atoms with van der Waals surface area (Å²) in [7, 11) is 0. The molecule has 0 aliphatic heterocycles. The first-order chi connectivity index (χ1) is 11.5. The number of aromatic nitrogens is 1. The normalized spacial score (nSPS) is 29.7. The molecule has 0 saturated heterocycles. The molecule has 0 radical (unpaired) electrons. The van der Waals surface area contributed by atoms with Gasteiger partial charge < -0.3 is 15.8 Å².